The third-order valence-corrected chi connectivity index (χ3v) is 5.15. The highest BCUT2D eigenvalue weighted by atomic mass is 32.2. The Bertz CT molecular complexity index is 630. The molecule has 6 nitrogen and oxygen atoms in total. The third kappa shape index (κ3) is 4.33. The molecule has 1 aromatic heterocycles. The van der Waals surface area contributed by atoms with Gasteiger partial charge in [0.1, 0.15) is 5.01 Å². The number of hydrogen-bond donors (Lipinski definition) is 1. The molecule has 0 aliphatic heterocycles. The first kappa shape index (κ1) is 15.6. The van der Waals surface area contributed by atoms with Gasteiger partial charge in [-0.05, 0) is 5.56 Å². The van der Waals surface area contributed by atoms with Gasteiger partial charge in [0.15, 0.2) is 0 Å². The number of carbonyl (C=O) groups is 1. The molecule has 1 N–H and O–H groups in total. The minimum absolute atomic E-state index is 0.261. The van der Waals surface area contributed by atoms with Gasteiger partial charge in [-0.3, -0.25) is 9.11 Å². The molecule has 1 heterocycles. The molecule has 1 atom stereocenters. The Morgan fingerprint density at radius 3 is 2.67 bits per heavy atom. The van der Waals surface area contributed by atoms with E-state index in [9.17, 15) is 9.00 Å². The van der Waals surface area contributed by atoms with Crippen molar-refractivity contribution >= 4 is 33.3 Å². The highest BCUT2D eigenvalue weighted by Crippen LogP contribution is 2.20. The summed E-state index contributed by atoms with van der Waals surface area (Å²) in [5.41, 5.74) is 1.03. The van der Waals surface area contributed by atoms with Gasteiger partial charge in [-0.25, -0.2) is 4.79 Å². The van der Waals surface area contributed by atoms with Crippen molar-refractivity contribution in [3.8, 4) is 0 Å². The topological polar surface area (TPSA) is 75.2 Å². The molecule has 0 aliphatic rings. The second kappa shape index (κ2) is 7.28. The fraction of sp³-hybridized carbons (Fsp3) is 0.308. The minimum atomic E-state index is -1.05. The smallest absolute Gasteiger partial charge is 0.323 e. The van der Waals surface area contributed by atoms with Gasteiger partial charge in [-0.15, -0.1) is 10.2 Å². The van der Waals surface area contributed by atoms with Crippen molar-refractivity contribution in [3.63, 3.8) is 0 Å². The quantitative estimate of drug-likeness (QED) is 0.909. The normalized spacial score (nSPS) is 11.9. The molecule has 2 aromatic rings. The molecule has 0 aliphatic carbocycles. The molecular weight excluding hydrogens is 308 g/mol. The predicted molar refractivity (Wildman–Crippen MR) is 84.8 cm³/mol. The van der Waals surface area contributed by atoms with E-state index in [1.165, 1.54) is 16.2 Å². The summed E-state index contributed by atoms with van der Waals surface area (Å²) >= 11 is 1.27. The summed E-state index contributed by atoms with van der Waals surface area (Å²) in [7, 11) is 2.12. The van der Waals surface area contributed by atoms with Gasteiger partial charge in [0, 0.05) is 30.6 Å². The summed E-state index contributed by atoms with van der Waals surface area (Å²) in [5, 5.41) is 11.6. The van der Waals surface area contributed by atoms with E-state index >= 15 is 0 Å². The molecule has 0 fully saturated rings. The summed E-state index contributed by atoms with van der Waals surface area (Å²) in [6.45, 7) is 0. The average molecular weight is 324 g/mol. The SMILES string of the molecule is CNC(=O)N(C)c1nnc(CS(=O)Cc2ccccc2)s1. The van der Waals surface area contributed by atoms with Crippen molar-refractivity contribution in [1.29, 1.82) is 0 Å². The number of benzene rings is 1. The molecule has 1 unspecified atom stereocenters. The van der Waals surface area contributed by atoms with Gasteiger partial charge in [0.2, 0.25) is 5.13 Å². The maximum atomic E-state index is 12.1. The Morgan fingerprint density at radius 2 is 2.00 bits per heavy atom. The second-order valence-electron chi connectivity index (χ2n) is 4.31. The number of carbonyl (C=O) groups excluding carboxylic acids is 1. The van der Waals surface area contributed by atoms with E-state index in [2.05, 4.69) is 15.5 Å². The van der Waals surface area contributed by atoms with Gasteiger partial charge in [-0.1, -0.05) is 41.7 Å². The van der Waals surface area contributed by atoms with Gasteiger partial charge < -0.3 is 5.32 Å². The molecular formula is C13H16N4O2S2. The number of hydrogen-bond acceptors (Lipinski definition) is 5. The van der Waals surface area contributed by atoms with Crippen LogP contribution in [0.5, 0.6) is 0 Å². The van der Waals surface area contributed by atoms with Crippen molar-refractivity contribution < 1.29 is 9.00 Å². The van der Waals surface area contributed by atoms with Crippen molar-refractivity contribution in [2.45, 2.75) is 11.5 Å². The van der Waals surface area contributed by atoms with Crippen LogP contribution in [0, 0.1) is 0 Å². The van der Waals surface area contributed by atoms with E-state index in [4.69, 9.17) is 0 Å². The lowest BCUT2D eigenvalue weighted by atomic mass is 10.2. The Morgan fingerprint density at radius 1 is 1.29 bits per heavy atom. The van der Waals surface area contributed by atoms with Gasteiger partial charge in [0.25, 0.3) is 0 Å². The summed E-state index contributed by atoms with van der Waals surface area (Å²) < 4.78 is 12.1. The Balaban J connectivity index is 1.96. The first-order valence-electron chi connectivity index (χ1n) is 6.27. The van der Waals surface area contributed by atoms with Crippen LogP contribution in [0.25, 0.3) is 0 Å². The van der Waals surface area contributed by atoms with E-state index < -0.39 is 10.8 Å². The van der Waals surface area contributed by atoms with Crippen LogP contribution in [0.2, 0.25) is 0 Å². The zero-order valence-electron chi connectivity index (χ0n) is 11.8. The van der Waals surface area contributed by atoms with E-state index in [0.29, 0.717) is 21.6 Å². The molecule has 112 valence electrons. The number of amides is 2. The minimum Gasteiger partial charge on any atom is -0.341 e. The predicted octanol–water partition coefficient (Wildman–Crippen LogP) is 1.76. The highest BCUT2D eigenvalue weighted by molar-refractivity contribution is 7.83. The number of nitrogens with one attached hydrogen (secondary N) is 1. The van der Waals surface area contributed by atoms with Crippen molar-refractivity contribution in [2.75, 3.05) is 19.0 Å². The first-order chi connectivity index (χ1) is 10.1. The fourth-order valence-corrected chi connectivity index (χ4v) is 3.87. The van der Waals surface area contributed by atoms with Crippen LogP contribution in [0.4, 0.5) is 9.93 Å². The summed E-state index contributed by atoms with van der Waals surface area (Å²) in [4.78, 5) is 12.9. The van der Waals surface area contributed by atoms with E-state index in [1.54, 1.807) is 14.1 Å². The maximum Gasteiger partial charge on any atom is 0.323 e. The third-order valence-electron chi connectivity index (χ3n) is 2.72. The van der Waals surface area contributed by atoms with Crippen molar-refractivity contribution in [2.24, 2.45) is 0 Å². The van der Waals surface area contributed by atoms with Gasteiger partial charge in [-0.2, -0.15) is 0 Å². The Kier molecular flexibility index (Phi) is 5.40. The molecule has 8 heteroatoms. The van der Waals surface area contributed by atoms with Gasteiger partial charge >= 0.3 is 6.03 Å². The first-order valence-corrected chi connectivity index (χ1v) is 8.57. The lowest BCUT2D eigenvalue weighted by Crippen LogP contribution is -2.34. The van der Waals surface area contributed by atoms with Crippen LogP contribution >= 0.6 is 11.3 Å². The van der Waals surface area contributed by atoms with Crippen LogP contribution in [0.1, 0.15) is 10.6 Å². The second-order valence-corrected chi connectivity index (χ2v) is 6.80. The average Bonchev–Trinajstić information content (AvgIpc) is 2.94. The van der Waals surface area contributed by atoms with E-state index in [0.717, 1.165) is 5.56 Å². The van der Waals surface area contributed by atoms with Crippen molar-refractivity contribution in [1.82, 2.24) is 15.5 Å². The van der Waals surface area contributed by atoms with Crippen LogP contribution in [-0.2, 0) is 22.3 Å². The molecule has 0 saturated heterocycles. The van der Waals surface area contributed by atoms with Crippen LogP contribution in [0.15, 0.2) is 30.3 Å². The molecule has 0 saturated carbocycles. The standard InChI is InChI=1S/C13H16N4O2S2/c1-14-12(18)17(2)13-16-15-11(20-13)9-21(19)8-10-6-4-3-5-7-10/h3-7H,8-9H2,1-2H3,(H,14,18). The number of anilines is 1. The lowest BCUT2D eigenvalue weighted by molar-refractivity contribution is 0.249. The summed E-state index contributed by atoms with van der Waals surface area (Å²) in [5.74, 6) is 0.829. The Hall–Kier alpha value is -1.80. The Labute approximate surface area is 129 Å². The lowest BCUT2D eigenvalue weighted by Gasteiger charge is -2.11. The van der Waals surface area contributed by atoms with E-state index in [1.807, 2.05) is 30.3 Å². The molecule has 21 heavy (non-hydrogen) atoms. The maximum absolute atomic E-state index is 12.1. The number of rotatable bonds is 5. The zero-order chi connectivity index (χ0) is 15.2. The number of urea groups is 1. The molecule has 0 spiro atoms. The number of aromatic nitrogens is 2. The fourth-order valence-electron chi connectivity index (χ4n) is 1.64. The van der Waals surface area contributed by atoms with Crippen LogP contribution in [0.3, 0.4) is 0 Å². The van der Waals surface area contributed by atoms with Crippen molar-refractivity contribution in [3.05, 3.63) is 40.9 Å². The summed E-state index contributed by atoms with van der Waals surface area (Å²) in [6.07, 6.45) is 0. The molecule has 2 amide bonds. The zero-order valence-corrected chi connectivity index (χ0v) is 13.4. The monoisotopic (exact) mass is 324 g/mol. The molecule has 0 bridgehead atoms. The number of nitrogens with zero attached hydrogens (tertiary/aromatic N) is 3. The molecule has 1 aromatic carbocycles. The highest BCUT2D eigenvalue weighted by Gasteiger charge is 2.15. The molecule has 0 radical (unpaired) electrons. The van der Waals surface area contributed by atoms with Crippen LogP contribution < -0.4 is 10.2 Å². The van der Waals surface area contributed by atoms with Crippen LogP contribution in [-0.4, -0.2) is 34.5 Å². The summed E-state index contributed by atoms with van der Waals surface area (Å²) in [6, 6.07) is 9.41. The van der Waals surface area contributed by atoms with Gasteiger partial charge in [0.05, 0.1) is 5.75 Å². The van der Waals surface area contributed by atoms with E-state index in [-0.39, 0.29) is 6.03 Å². The largest absolute Gasteiger partial charge is 0.341 e. The molecule has 2 rings (SSSR count).